The first-order valence-electron chi connectivity index (χ1n) is 8.93. The number of rotatable bonds is 5. The second-order valence-corrected chi connectivity index (χ2v) is 8.98. The summed E-state index contributed by atoms with van der Waals surface area (Å²) in [6.07, 6.45) is -1.65. The molecule has 1 N–H and O–H groups in total. The number of carbonyl (C=O) groups is 1. The van der Waals surface area contributed by atoms with E-state index in [9.17, 15) is 22.0 Å². The summed E-state index contributed by atoms with van der Waals surface area (Å²) in [6, 6.07) is 8.97. The minimum Gasteiger partial charge on any atom is -0.351 e. The Kier molecular flexibility index (Phi) is 5.81. The molecule has 1 saturated heterocycles. The van der Waals surface area contributed by atoms with Gasteiger partial charge in [0.05, 0.1) is 4.90 Å². The van der Waals surface area contributed by atoms with Crippen molar-refractivity contribution < 1.29 is 22.0 Å². The van der Waals surface area contributed by atoms with E-state index in [0.717, 1.165) is 45.3 Å². The minimum atomic E-state index is -4.11. The van der Waals surface area contributed by atoms with Crippen LogP contribution in [0.25, 0.3) is 0 Å². The summed E-state index contributed by atoms with van der Waals surface area (Å²) >= 11 is 0. The summed E-state index contributed by atoms with van der Waals surface area (Å²) in [7, 11) is -4.11. The van der Waals surface area contributed by atoms with Gasteiger partial charge in [-0.2, -0.15) is 4.31 Å². The van der Waals surface area contributed by atoms with Crippen LogP contribution in [0.1, 0.15) is 23.1 Å². The summed E-state index contributed by atoms with van der Waals surface area (Å²) in [4.78, 5) is 12.5. The molecular formula is C20H22F2N2O3S. The number of hydrogen-bond acceptors (Lipinski definition) is 3. The number of nitrogens with one attached hydrogen (secondary N) is 1. The zero-order valence-electron chi connectivity index (χ0n) is 15.7. The van der Waals surface area contributed by atoms with Crippen molar-refractivity contribution in [3.05, 3.63) is 65.0 Å². The van der Waals surface area contributed by atoms with Crippen molar-refractivity contribution in [1.82, 2.24) is 9.62 Å². The molecule has 8 heteroatoms. The lowest BCUT2D eigenvalue weighted by Gasteiger charge is -2.23. The fourth-order valence-corrected chi connectivity index (χ4v) is 5.11. The van der Waals surface area contributed by atoms with Crippen LogP contribution in [0.15, 0.2) is 47.4 Å². The van der Waals surface area contributed by atoms with E-state index in [-0.39, 0.29) is 17.9 Å². The topological polar surface area (TPSA) is 66.5 Å². The molecule has 0 saturated carbocycles. The van der Waals surface area contributed by atoms with Gasteiger partial charge in [0.2, 0.25) is 15.9 Å². The van der Waals surface area contributed by atoms with Gasteiger partial charge >= 0.3 is 0 Å². The van der Waals surface area contributed by atoms with Gasteiger partial charge in [0.15, 0.2) is 0 Å². The smallest absolute Gasteiger partial charge is 0.243 e. The molecule has 2 atom stereocenters. The molecule has 3 rings (SSSR count). The van der Waals surface area contributed by atoms with Gasteiger partial charge in [0.25, 0.3) is 0 Å². The van der Waals surface area contributed by atoms with Gasteiger partial charge in [-0.25, -0.2) is 17.2 Å². The second kappa shape index (κ2) is 7.97. The molecule has 2 aromatic rings. The van der Waals surface area contributed by atoms with Crippen LogP contribution >= 0.6 is 0 Å². The molecule has 150 valence electrons. The molecule has 2 unspecified atom stereocenters. The lowest BCUT2D eigenvalue weighted by atomic mass is 10.1. The molecule has 1 heterocycles. The number of halogens is 2. The highest BCUT2D eigenvalue weighted by Crippen LogP contribution is 2.28. The summed E-state index contributed by atoms with van der Waals surface area (Å²) in [6.45, 7) is 3.71. The standard InChI is InChI=1S/C20H22F2N2O3S/c1-13-7-14(2)9-15(8-13)11-23-20(25)19-10-17(22)12-24(19)28(26,27)18-5-3-16(21)4-6-18/h3-9,17,19H,10-12H2,1-2H3,(H,23,25). The van der Waals surface area contributed by atoms with E-state index in [1.807, 2.05) is 32.0 Å². The van der Waals surface area contributed by atoms with Crippen LogP contribution in [-0.2, 0) is 21.4 Å². The largest absolute Gasteiger partial charge is 0.351 e. The van der Waals surface area contributed by atoms with Crippen molar-refractivity contribution >= 4 is 15.9 Å². The van der Waals surface area contributed by atoms with E-state index >= 15 is 0 Å². The first-order valence-corrected chi connectivity index (χ1v) is 10.4. The predicted octanol–water partition coefficient (Wildman–Crippen LogP) is 2.86. The molecule has 0 bridgehead atoms. The molecular weight excluding hydrogens is 386 g/mol. The van der Waals surface area contributed by atoms with E-state index in [1.54, 1.807) is 0 Å². The normalized spacial score (nSPS) is 20.3. The van der Waals surface area contributed by atoms with Crippen molar-refractivity contribution in [1.29, 1.82) is 0 Å². The number of nitrogens with zero attached hydrogens (tertiary/aromatic N) is 1. The third-order valence-electron chi connectivity index (χ3n) is 4.68. The number of alkyl halides is 1. The predicted molar refractivity (Wildman–Crippen MR) is 101 cm³/mol. The van der Waals surface area contributed by atoms with Crippen LogP contribution in [-0.4, -0.2) is 37.4 Å². The summed E-state index contributed by atoms with van der Waals surface area (Å²) < 4.78 is 53.6. The number of benzene rings is 2. The van der Waals surface area contributed by atoms with Crippen LogP contribution in [0.4, 0.5) is 8.78 Å². The first-order chi connectivity index (χ1) is 13.2. The Bertz CT molecular complexity index is 957. The van der Waals surface area contributed by atoms with Crippen LogP contribution in [0.2, 0.25) is 0 Å². The zero-order chi connectivity index (χ0) is 20.5. The first kappa shape index (κ1) is 20.4. The maximum absolute atomic E-state index is 14.0. The molecule has 1 amide bonds. The van der Waals surface area contributed by atoms with Crippen molar-refractivity contribution in [2.24, 2.45) is 0 Å². The molecule has 5 nitrogen and oxygen atoms in total. The Balaban J connectivity index is 1.77. The van der Waals surface area contributed by atoms with Crippen molar-refractivity contribution in [2.45, 2.75) is 43.9 Å². The average molecular weight is 408 g/mol. The summed E-state index contributed by atoms with van der Waals surface area (Å²) in [5.41, 5.74) is 2.98. The lowest BCUT2D eigenvalue weighted by Crippen LogP contribution is -2.45. The quantitative estimate of drug-likeness (QED) is 0.827. The monoisotopic (exact) mass is 408 g/mol. The SMILES string of the molecule is Cc1cc(C)cc(CNC(=O)C2CC(F)CN2S(=O)(=O)c2ccc(F)cc2)c1. The highest BCUT2D eigenvalue weighted by Gasteiger charge is 2.44. The van der Waals surface area contributed by atoms with Crippen LogP contribution in [0.5, 0.6) is 0 Å². The second-order valence-electron chi connectivity index (χ2n) is 7.09. The lowest BCUT2D eigenvalue weighted by molar-refractivity contribution is -0.124. The maximum atomic E-state index is 14.0. The Hall–Kier alpha value is -2.32. The fraction of sp³-hybridized carbons (Fsp3) is 0.350. The molecule has 1 aliphatic rings. The number of sulfonamides is 1. The van der Waals surface area contributed by atoms with Crippen LogP contribution in [0, 0.1) is 19.7 Å². The number of amides is 1. The Morgan fingerprint density at radius 2 is 1.75 bits per heavy atom. The van der Waals surface area contributed by atoms with Gasteiger partial charge in [-0.3, -0.25) is 4.79 Å². The molecule has 1 fully saturated rings. The van der Waals surface area contributed by atoms with E-state index < -0.39 is 40.5 Å². The van der Waals surface area contributed by atoms with Gasteiger partial charge < -0.3 is 5.32 Å². The van der Waals surface area contributed by atoms with E-state index in [4.69, 9.17) is 0 Å². The van der Waals surface area contributed by atoms with Gasteiger partial charge in [0, 0.05) is 19.5 Å². The van der Waals surface area contributed by atoms with Gasteiger partial charge in [-0.05, 0) is 43.7 Å². The molecule has 0 aliphatic carbocycles. The molecule has 1 aliphatic heterocycles. The highest BCUT2D eigenvalue weighted by atomic mass is 32.2. The van der Waals surface area contributed by atoms with Crippen molar-refractivity contribution in [3.8, 4) is 0 Å². The van der Waals surface area contributed by atoms with E-state index in [0.29, 0.717) is 0 Å². The van der Waals surface area contributed by atoms with E-state index in [1.165, 1.54) is 0 Å². The third-order valence-corrected chi connectivity index (χ3v) is 6.56. The number of hydrogen-bond donors (Lipinski definition) is 1. The number of aryl methyl sites for hydroxylation is 2. The summed E-state index contributed by atoms with van der Waals surface area (Å²) in [5.74, 6) is -1.13. The molecule has 2 aromatic carbocycles. The van der Waals surface area contributed by atoms with Crippen LogP contribution in [0.3, 0.4) is 0 Å². The molecule has 0 radical (unpaired) electrons. The average Bonchev–Trinajstić information content (AvgIpc) is 3.02. The zero-order valence-corrected chi connectivity index (χ0v) is 16.5. The Labute approximate surface area is 163 Å². The van der Waals surface area contributed by atoms with E-state index in [2.05, 4.69) is 5.32 Å². The van der Waals surface area contributed by atoms with Gasteiger partial charge in [0.1, 0.15) is 18.0 Å². The summed E-state index contributed by atoms with van der Waals surface area (Å²) in [5, 5.41) is 2.71. The van der Waals surface area contributed by atoms with Gasteiger partial charge in [-0.15, -0.1) is 0 Å². The van der Waals surface area contributed by atoms with Gasteiger partial charge in [-0.1, -0.05) is 29.3 Å². The van der Waals surface area contributed by atoms with Crippen molar-refractivity contribution in [2.75, 3.05) is 6.54 Å². The fourth-order valence-electron chi connectivity index (χ4n) is 3.48. The Morgan fingerprint density at radius 3 is 2.36 bits per heavy atom. The molecule has 28 heavy (non-hydrogen) atoms. The molecule has 0 spiro atoms. The van der Waals surface area contributed by atoms with Crippen LogP contribution < -0.4 is 5.32 Å². The third kappa shape index (κ3) is 4.39. The maximum Gasteiger partial charge on any atom is 0.243 e. The highest BCUT2D eigenvalue weighted by molar-refractivity contribution is 7.89. The minimum absolute atomic E-state index is 0.171. The number of carbonyl (C=O) groups excluding carboxylic acids is 1. The molecule has 0 aromatic heterocycles. The van der Waals surface area contributed by atoms with Crippen molar-refractivity contribution in [3.63, 3.8) is 0 Å². The Morgan fingerprint density at radius 1 is 1.14 bits per heavy atom.